The summed E-state index contributed by atoms with van der Waals surface area (Å²) < 4.78 is 35.8. The summed E-state index contributed by atoms with van der Waals surface area (Å²) in [6.07, 6.45) is 0.107. The summed E-state index contributed by atoms with van der Waals surface area (Å²) >= 11 is 0.297. The van der Waals surface area contributed by atoms with Gasteiger partial charge in [0.05, 0.1) is 7.11 Å². The number of rotatable bonds is 3. The highest BCUT2D eigenvalue weighted by atomic mass is 32.2. The van der Waals surface area contributed by atoms with Gasteiger partial charge in [-0.1, -0.05) is 0 Å². The van der Waals surface area contributed by atoms with E-state index in [1.807, 2.05) is 0 Å². The van der Waals surface area contributed by atoms with E-state index in [4.69, 9.17) is 10.5 Å². The van der Waals surface area contributed by atoms with Crippen LogP contribution in [0.25, 0.3) is 0 Å². The third-order valence-corrected chi connectivity index (χ3v) is 3.24. The maximum Gasteiger partial charge on any atom is 0.457 e. The Bertz CT molecular complexity index is 474. The van der Waals surface area contributed by atoms with Gasteiger partial charge in [-0.3, -0.25) is 0 Å². The van der Waals surface area contributed by atoms with Gasteiger partial charge in [0.15, 0.2) is 0 Å². The van der Waals surface area contributed by atoms with Gasteiger partial charge in [0, 0.05) is 18.2 Å². The third-order valence-electron chi connectivity index (χ3n) is 2.31. The summed E-state index contributed by atoms with van der Waals surface area (Å²) in [5.74, 6) is 0.331. The van der Waals surface area contributed by atoms with Crippen molar-refractivity contribution in [1.82, 2.24) is 0 Å². The molecule has 1 unspecified atom stereocenters. The Labute approximate surface area is 107 Å². The third kappa shape index (κ3) is 2.85. The lowest BCUT2D eigenvalue weighted by Gasteiger charge is -2.18. The van der Waals surface area contributed by atoms with Crippen molar-refractivity contribution in [2.45, 2.75) is 29.4 Å². The fourth-order valence-corrected chi connectivity index (χ4v) is 2.56. The van der Waals surface area contributed by atoms with Gasteiger partial charge in [0.25, 0.3) is 0 Å². The van der Waals surface area contributed by atoms with Crippen LogP contribution < -0.4 is 15.2 Å². The van der Waals surface area contributed by atoms with Crippen molar-refractivity contribution in [2.24, 2.45) is 5.73 Å². The van der Waals surface area contributed by atoms with Crippen LogP contribution in [0.15, 0.2) is 17.0 Å². The van der Waals surface area contributed by atoms with Gasteiger partial charge in [-0.25, -0.2) is 0 Å². The molecule has 1 aliphatic heterocycles. The summed E-state index contributed by atoms with van der Waals surface area (Å²) in [5, 5.41) is 9.53. The molecule has 0 amide bonds. The molecule has 0 aromatic heterocycles. The molecule has 0 aliphatic carbocycles. The fraction of sp³-hybridized carbons (Fsp3) is 0.455. The molecule has 0 radical (unpaired) electrons. The average Bonchev–Trinajstić information content (AvgIpc) is 2.48. The predicted octanol–water partition coefficient (Wildman–Crippen LogP) is 1.94. The van der Waals surface area contributed by atoms with Crippen molar-refractivity contribution in [3.63, 3.8) is 0 Å². The minimum Gasteiger partial charge on any atom is -0.495 e. The highest BCUT2D eigenvalue weighted by Gasteiger charge is 2.43. The summed E-state index contributed by atoms with van der Waals surface area (Å²) in [6.45, 7) is 1.43. The lowest BCUT2D eigenvalue weighted by molar-refractivity contribution is -0.0822. The van der Waals surface area contributed by atoms with E-state index in [2.05, 4.69) is 4.74 Å². The number of halogens is 2. The molecule has 0 saturated heterocycles. The van der Waals surface area contributed by atoms with E-state index in [0.717, 1.165) is 0 Å². The first-order valence-electron chi connectivity index (χ1n) is 5.18. The van der Waals surface area contributed by atoms with Crippen LogP contribution in [-0.4, -0.2) is 23.4 Å². The number of fused-ring (bicyclic) bond motifs is 1. The van der Waals surface area contributed by atoms with Crippen molar-refractivity contribution in [1.29, 1.82) is 0 Å². The van der Waals surface area contributed by atoms with Gasteiger partial charge in [-0.15, -0.1) is 0 Å². The minimum atomic E-state index is -3.29. The predicted molar refractivity (Wildman–Crippen MR) is 62.9 cm³/mol. The van der Waals surface area contributed by atoms with Crippen LogP contribution >= 0.6 is 11.8 Å². The monoisotopic (exact) mass is 277 g/mol. The second kappa shape index (κ2) is 4.25. The molecule has 18 heavy (non-hydrogen) atoms. The number of alkyl halides is 2. The standard InChI is InChI=1S/C11H13F2NO3S/c1-10(14,15)5-6-3-7(16-2)9-8(4-6)17-11(12,13)18-9/h3-4,15H,5,14H2,1-2H3. The van der Waals surface area contributed by atoms with Crippen LogP contribution in [0.3, 0.4) is 0 Å². The first-order valence-corrected chi connectivity index (χ1v) is 6.00. The van der Waals surface area contributed by atoms with Crippen LogP contribution in [0.4, 0.5) is 8.78 Å². The molecular formula is C11H13F2NO3S. The molecule has 4 nitrogen and oxygen atoms in total. The highest BCUT2D eigenvalue weighted by Crippen LogP contribution is 2.53. The zero-order valence-electron chi connectivity index (χ0n) is 9.87. The molecule has 1 aliphatic rings. The van der Waals surface area contributed by atoms with E-state index in [9.17, 15) is 13.9 Å². The molecule has 7 heteroatoms. The van der Waals surface area contributed by atoms with E-state index < -0.39 is 11.2 Å². The van der Waals surface area contributed by atoms with Gasteiger partial charge in [0.2, 0.25) is 0 Å². The Kier molecular flexibility index (Phi) is 3.16. The van der Waals surface area contributed by atoms with Crippen LogP contribution in [-0.2, 0) is 6.42 Å². The quantitative estimate of drug-likeness (QED) is 0.827. The van der Waals surface area contributed by atoms with Gasteiger partial charge in [-0.2, -0.15) is 8.78 Å². The van der Waals surface area contributed by atoms with Crippen LogP contribution in [0.1, 0.15) is 12.5 Å². The maximum absolute atomic E-state index is 13.1. The zero-order chi connectivity index (χ0) is 13.6. The molecule has 0 saturated carbocycles. The number of hydrogen-bond donors (Lipinski definition) is 2. The van der Waals surface area contributed by atoms with E-state index in [1.54, 1.807) is 6.07 Å². The van der Waals surface area contributed by atoms with Crippen molar-refractivity contribution >= 4 is 11.8 Å². The summed E-state index contributed by atoms with van der Waals surface area (Å²) in [6, 6.07) is 3.00. The Balaban J connectivity index is 2.38. The smallest absolute Gasteiger partial charge is 0.457 e. The molecule has 3 N–H and O–H groups in total. The van der Waals surface area contributed by atoms with Crippen molar-refractivity contribution in [3.05, 3.63) is 17.7 Å². The SMILES string of the molecule is COc1cc(CC(C)(N)O)cc2c1SC(F)(F)O2. The van der Waals surface area contributed by atoms with E-state index in [-0.39, 0.29) is 22.8 Å². The molecule has 1 heterocycles. The minimum absolute atomic E-state index is 0.0450. The highest BCUT2D eigenvalue weighted by molar-refractivity contribution is 8.00. The second-order valence-electron chi connectivity index (χ2n) is 4.33. The fourth-order valence-electron chi connectivity index (χ4n) is 1.74. The Morgan fingerprint density at radius 2 is 2.22 bits per heavy atom. The van der Waals surface area contributed by atoms with E-state index in [0.29, 0.717) is 17.3 Å². The van der Waals surface area contributed by atoms with Crippen molar-refractivity contribution in [3.8, 4) is 11.5 Å². The Morgan fingerprint density at radius 3 is 2.78 bits per heavy atom. The van der Waals surface area contributed by atoms with Gasteiger partial charge in [0.1, 0.15) is 22.1 Å². The van der Waals surface area contributed by atoms with Crippen molar-refractivity contribution < 1.29 is 23.4 Å². The van der Waals surface area contributed by atoms with Crippen LogP contribution in [0.2, 0.25) is 0 Å². The summed E-state index contributed by atoms with van der Waals surface area (Å²) in [7, 11) is 1.39. The normalized spacial score (nSPS) is 19.9. The van der Waals surface area contributed by atoms with Crippen molar-refractivity contribution in [2.75, 3.05) is 7.11 Å². The topological polar surface area (TPSA) is 64.7 Å². The molecule has 1 aromatic carbocycles. The number of aliphatic hydroxyl groups is 1. The lowest BCUT2D eigenvalue weighted by Crippen LogP contribution is -2.37. The van der Waals surface area contributed by atoms with Gasteiger partial charge in [-0.05, 0) is 24.6 Å². The number of methoxy groups -OCH3 is 1. The maximum atomic E-state index is 13.1. The number of hydrogen-bond acceptors (Lipinski definition) is 5. The Morgan fingerprint density at radius 1 is 1.56 bits per heavy atom. The first-order chi connectivity index (χ1) is 8.20. The van der Waals surface area contributed by atoms with E-state index in [1.165, 1.54) is 20.1 Å². The summed E-state index contributed by atoms with van der Waals surface area (Å²) in [5.41, 5.74) is 1.33. The molecule has 100 valence electrons. The van der Waals surface area contributed by atoms with Crippen LogP contribution in [0, 0.1) is 0 Å². The molecular weight excluding hydrogens is 264 g/mol. The molecule has 0 bridgehead atoms. The number of ether oxygens (including phenoxy) is 2. The Hall–Kier alpha value is -1.05. The zero-order valence-corrected chi connectivity index (χ0v) is 10.7. The largest absolute Gasteiger partial charge is 0.495 e. The second-order valence-corrected chi connectivity index (χ2v) is 5.41. The molecule has 1 atom stereocenters. The molecule has 2 rings (SSSR count). The van der Waals surface area contributed by atoms with E-state index >= 15 is 0 Å². The first kappa shape index (κ1) is 13.4. The molecule has 0 spiro atoms. The van der Waals surface area contributed by atoms with Crippen LogP contribution in [0.5, 0.6) is 11.5 Å². The lowest BCUT2D eigenvalue weighted by atomic mass is 10.0. The number of nitrogens with two attached hydrogens (primary N) is 1. The molecule has 1 aromatic rings. The number of thioether (sulfide) groups is 1. The summed E-state index contributed by atoms with van der Waals surface area (Å²) in [4.78, 5) is 0.253. The van der Waals surface area contributed by atoms with Gasteiger partial charge >= 0.3 is 5.44 Å². The van der Waals surface area contributed by atoms with Gasteiger partial charge < -0.3 is 20.3 Å². The molecule has 0 fully saturated rings. The average molecular weight is 277 g/mol. The number of benzene rings is 1.